The van der Waals surface area contributed by atoms with Crippen LogP contribution in [-0.2, 0) is 21.6 Å². The van der Waals surface area contributed by atoms with E-state index in [0.29, 0.717) is 26.1 Å². The van der Waals surface area contributed by atoms with Gasteiger partial charge in [-0.25, -0.2) is 4.68 Å². The normalized spacial score (nSPS) is 24.1. The fourth-order valence-corrected chi connectivity index (χ4v) is 4.65. The Kier molecular flexibility index (Phi) is 6.81. The summed E-state index contributed by atoms with van der Waals surface area (Å²) in [5.74, 6) is 1.86. The van der Waals surface area contributed by atoms with Crippen LogP contribution in [0.1, 0.15) is 57.2 Å². The molecular weight excluding hydrogens is 344 g/mol. The van der Waals surface area contributed by atoms with Gasteiger partial charge in [0, 0.05) is 26.6 Å². The van der Waals surface area contributed by atoms with Gasteiger partial charge in [0.1, 0.15) is 5.54 Å². The van der Waals surface area contributed by atoms with Crippen molar-refractivity contribution in [3.05, 3.63) is 5.82 Å². The van der Waals surface area contributed by atoms with Crippen LogP contribution in [-0.4, -0.2) is 76.8 Å². The van der Waals surface area contributed by atoms with Crippen LogP contribution in [0.25, 0.3) is 0 Å². The Morgan fingerprint density at radius 2 is 2.07 bits per heavy atom. The molecule has 1 aliphatic heterocycles. The van der Waals surface area contributed by atoms with Gasteiger partial charge in [-0.05, 0) is 49.7 Å². The molecule has 2 fully saturated rings. The van der Waals surface area contributed by atoms with Crippen molar-refractivity contribution in [3.63, 3.8) is 0 Å². The molecule has 1 saturated heterocycles. The second-order valence-corrected chi connectivity index (χ2v) is 8.25. The van der Waals surface area contributed by atoms with E-state index in [9.17, 15) is 4.79 Å². The van der Waals surface area contributed by atoms with Gasteiger partial charge in [0.15, 0.2) is 5.82 Å². The molecule has 2 heterocycles. The van der Waals surface area contributed by atoms with Gasteiger partial charge in [-0.2, -0.15) is 0 Å². The maximum atomic E-state index is 12.9. The quantitative estimate of drug-likeness (QED) is 0.685. The van der Waals surface area contributed by atoms with Crippen molar-refractivity contribution < 1.29 is 9.53 Å². The van der Waals surface area contributed by atoms with Gasteiger partial charge in [-0.15, -0.1) is 5.10 Å². The van der Waals surface area contributed by atoms with E-state index >= 15 is 0 Å². The first-order chi connectivity index (χ1) is 13.1. The predicted octanol–water partition coefficient (Wildman–Crippen LogP) is 1.67. The lowest BCUT2D eigenvalue weighted by Gasteiger charge is -2.46. The van der Waals surface area contributed by atoms with E-state index in [1.54, 1.807) is 7.11 Å². The van der Waals surface area contributed by atoms with Crippen molar-refractivity contribution in [1.82, 2.24) is 30.0 Å². The number of tetrazole rings is 1. The molecule has 8 heteroatoms. The predicted molar refractivity (Wildman–Crippen MR) is 102 cm³/mol. The highest BCUT2D eigenvalue weighted by Gasteiger charge is 2.44. The fraction of sp³-hybridized carbons (Fsp3) is 0.895. The van der Waals surface area contributed by atoms with Crippen LogP contribution in [0.4, 0.5) is 0 Å². The molecule has 1 unspecified atom stereocenters. The third kappa shape index (κ3) is 4.48. The third-order valence-electron chi connectivity index (χ3n) is 6.38. The van der Waals surface area contributed by atoms with Gasteiger partial charge in [0.2, 0.25) is 5.91 Å². The molecule has 1 aromatic rings. The average molecular weight is 379 g/mol. The summed E-state index contributed by atoms with van der Waals surface area (Å²) >= 11 is 0. The van der Waals surface area contributed by atoms with Crippen molar-refractivity contribution in [2.24, 2.45) is 5.92 Å². The van der Waals surface area contributed by atoms with Crippen LogP contribution >= 0.6 is 0 Å². The topological polar surface area (TPSA) is 76.4 Å². The number of hydrogen-bond donors (Lipinski definition) is 0. The Labute approximate surface area is 162 Å². The summed E-state index contributed by atoms with van der Waals surface area (Å²) in [6.45, 7) is 2.66. The van der Waals surface area contributed by atoms with Gasteiger partial charge >= 0.3 is 0 Å². The standard InChI is InChI=1S/C19H34N6O2/c1-23(2)19(18-20-21-22-25(18)13-14-27-3)11-6-12-24(15-19)17(26)10-9-16-7-4-5-8-16/h16H,4-15H2,1-3H3. The lowest BCUT2D eigenvalue weighted by atomic mass is 9.86. The molecule has 0 spiro atoms. The van der Waals surface area contributed by atoms with Crippen molar-refractivity contribution in [2.45, 2.75) is 63.5 Å². The molecule has 0 N–H and O–H groups in total. The number of likely N-dealkylation sites (N-methyl/N-ethyl adjacent to an activating group) is 1. The van der Waals surface area contributed by atoms with E-state index in [0.717, 1.165) is 37.5 Å². The number of methoxy groups -OCH3 is 1. The molecule has 1 aromatic heterocycles. The summed E-state index contributed by atoms with van der Waals surface area (Å²) in [5.41, 5.74) is -0.349. The largest absolute Gasteiger partial charge is 0.383 e. The van der Waals surface area contributed by atoms with Gasteiger partial charge in [-0.3, -0.25) is 9.69 Å². The van der Waals surface area contributed by atoms with Crippen molar-refractivity contribution in [2.75, 3.05) is 40.9 Å². The first-order valence-corrected chi connectivity index (χ1v) is 10.3. The number of likely N-dealkylation sites (tertiary alicyclic amines) is 1. The van der Waals surface area contributed by atoms with E-state index in [1.807, 2.05) is 9.58 Å². The number of ether oxygens (including phenoxy) is 1. The van der Waals surface area contributed by atoms with E-state index < -0.39 is 0 Å². The van der Waals surface area contributed by atoms with Crippen molar-refractivity contribution in [1.29, 1.82) is 0 Å². The fourth-order valence-electron chi connectivity index (χ4n) is 4.65. The van der Waals surface area contributed by atoms with E-state index in [1.165, 1.54) is 25.7 Å². The van der Waals surface area contributed by atoms with E-state index in [-0.39, 0.29) is 11.4 Å². The Morgan fingerprint density at radius 3 is 2.78 bits per heavy atom. The van der Waals surface area contributed by atoms with Crippen LogP contribution < -0.4 is 0 Å². The third-order valence-corrected chi connectivity index (χ3v) is 6.38. The summed E-state index contributed by atoms with van der Waals surface area (Å²) in [6, 6.07) is 0. The number of carbonyl (C=O) groups excluding carboxylic acids is 1. The van der Waals surface area contributed by atoms with Crippen LogP contribution in [0.2, 0.25) is 0 Å². The molecule has 0 bridgehead atoms. The lowest BCUT2D eigenvalue weighted by molar-refractivity contribution is -0.136. The molecular formula is C19H34N6O2. The van der Waals surface area contributed by atoms with E-state index in [2.05, 4.69) is 34.5 Å². The summed E-state index contributed by atoms with van der Waals surface area (Å²) < 4.78 is 7.03. The summed E-state index contributed by atoms with van der Waals surface area (Å²) in [6.07, 6.45) is 8.86. The minimum absolute atomic E-state index is 0.281. The highest BCUT2D eigenvalue weighted by molar-refractivity contribution is 5.76. The van der Waals surface area contributed by atoms with Crippen LogP contribution in [0.3, 0.4) is 0 Å². The maximum absolute atomic E-state index is 12.9. The minimum Gasteiger partial charge on any atom is -0.383 e. The molecule has 1 aliphatic carbocycles. The molecule has 2 aliphatic rings. The first-order valence-electron chi connectivity index (χ1n) is 10.3. The molecule has 0 aromatic carbocycles. The minimum atomic E-state index is -0.349. The van der Waals surface area contributed by atoms with Crippen LogP contribution in [0, 0.1) is 5.92 Å². The highest BCUT2D eigenvalue weighted by atomic mass is 16.5. The van der Waals surface area contributed by atoms with Crippen LogP contribution in [0.5, 0.6) is 0 Å². The monoisotopic (exact) mass is 378 g/mol. The number of piperidine rings is 1. The number of aromatic nitrogens is 4. The smallest absolute Gasteiger partial charge is 0.222 e. The second kappa shape index (κ2) is 9.10. The molecule has 3 rings (SSSR count). The Morgan fingerprint density at radius 1 is 1.30 bits per heavy atom. The number of carbonyl (C=O) groups is 1. The second-order valence-electron chi connectivity index (χ2n) is 8.25. The summed E-state index contributed by atoms with van der Waals surface area (Å²) in [5, 5.41) is 12.4. The Bertz CT molecular complexity index is 613. The summed E-state index contributed by atoms with van der Waals surface area (Å²) in [4.78, 5) is 17.1. The zero-order chi connectivity index (χ0) is 19.3. The first kappa shape index (κ1) is 20.2. The van der Waals surface area contributed by atoms with Gasteiger partial charge in [-0.1, -0.05) is 25.7 Å². The van der Waals surface area contributed by atoms with E-state index in [4.69, 9.17) is 4.74 Å². The number of hydrogen-bond acceptors (Lipinski definition) is 6. The van der Waals surface area contributed by atoms with Crippen molar-refractivity contribution in [3.8, 4) is 0 Å². The average Bonchev–Trinajstić information content (AvgIpc) is 3.36. The Hall–Kier alpha value is -1.54. The molecule has 8 nitrogen and oxygen atoms in total. The summed E-state index contributed by atoms with van der Waals surface area (Å²) in [7, 11) is 5.79. The molecule has 27 heavy (non-hydrogen) atoms. The molecule has 0 radical (unpaired) electrons. The zero-order valence-corrected chi connectivity index (χ0v) is 17.1. The Balaban J connectivity index is 1.71. The van der Waals surface area contributed by atoms with Crippen LogP contribution in [0.15, 0.2) is 0 Å². The molecule has 1 amide bonds. The number of rotatable bonds is 8. The van der Waals surface area contributed by atoms with Crippen molar-refractivity contribution >= 4 is 5.91 Å². The SMILES string of the molecule is COCCn1nnnc1C1(N(C)C)CCCN(C(=O)CCC2CCCC2)C1. The number of amides is 1. The molecule has 1 atom stereocenters. The lowest BCUT2D eigenvalue weighted by Crippen LogP contribution is -2.56. The zero-order valence-electron chi connectivity index (χ0n) is 17.1. The molecule has 152 valence electrons. The number of nitrogens with zero attached hydrogens (tertiary/aromatic N) is 6. The van der Waals surface area contributed by atoms with Gasteiger partial charge in [0.05, 0.1) is 13.2 Å². The maximum Gasteiger partial charge on any atom is 0.222 e. The van der Waals surface area contributed by atoms with Gasteiger partial charge < -0.3 is 9.64 Å². The highest BCUT2D eigenvalue weighted by Crippen LogP contribution is 2.35. The molecule has 1 saturated carbocycles. The van der Waals surface area contributed by atoms with Gasteiger partial charge in [0.25, 0.3) is 0 Å².